The van der Waals surface area contributed by atoms with Crippen molar-refractivity contribution in [2.45, 2.75) is 6.42 Å². The van der Waals surface area contributed by atoms with Gasteiger partial charge in [-0.1, -0.05) is 3.11 Å². The number of hydrogen-bond donors (Lipinski definition) is 0. The van der Waals surface area contributed by atoms with Gasteiger partial charge in [-0.2, -0.15) is 0 Å². The molecule has 0 N–H and O–H groups in total. The molecule has 1 aliphatic heterocycles. The molecule has 0 saturated carbocycles. The molecule has 1 aliphatic rings. The quantitative estimate of drug-likeness (QED) is 0.333. The molecule has 0 unspecified atom stereocenters. The zero-order chi connectivity index (χ0) is 6.91. The van der Waals surface area contributed by atoms with E-state index in [0.29, 0.717) is 5.75 Å². The van der Waals surface area contributed by atoms with E-state index in [0.717, 1.165) is 13.0 Å². The van der Waals surface area contributed by atoms with Gasteiger partial charge in [0.25, 0.3) is 0 Å². The van der Waals surface area contributed by atoms with Crippen molar-refractivity contribution in [3.63, 3.8) is 0 Å². The summed E-state index contributed by atoms with van der Waals surface area (Å²) in [5, 5.41) is 0. The van der Waals surface area contributed by atoms with E-state index in [1.807, 2.05) is 3.11 Å². The third-order valence-corrected chi connectivity index (χ3v) is 4.22. The predicted octanol–water partition coefficient (Wildman–Crippen LogP) is -3.73. The van der Waals surface area contributed by atoms with Crippen LogP contribution in [0, 0.1) is 0 Å². The molecule has 9 heavy (non-hydrogen) atoms. The summed E-state index contributed by atoms with van der Waals surface area (Å²) in [5.41, 5.74) is 0. The summed E-state index contributed by atoms with van der Waals surface area (Å²) in [5.74, 6) is 0.621. The van der Waals surface area contributed by atoms with Gasteiger partial charge >= 0.3 is 22.9 Å². The predicted molar refractivity (Wildman–Crippen MR) is 31.4 cm³/mol. The largest absolute Gasteiger partial charge is 0.371 e. The van der Waals surface area contributed by atoms with Gasteiger partial charge in [-0.05, 0) is 6.42 Å². The van der Waals surface area contributed by atoms with Crippen molar-refractivity contribution in [2.75, 3.05) is 18.2 Å². The number of halogens is 1. The maximum Gasteiger partial charge on any atom is 0.371 e. The Morgan fingerprint density at radius 2 is 2.11 bits per heavy atom. The fourth-order valence-corrected chi connectivity index (χ4v) is 3.82. The van der Waals surface area contributed by atoms with E-state index in [4.69, 9.17) is 0 Å². The Morgan fingerprint density at radius 1 is 1.44 bits per heavy atom. The minimum Gasteiger partial charge on any atom is -0.227 e. The van der Waals surface area contributed by atoms with Crippen LogP contribution in [-0.2, 0) is 9.84 Å². The van der Waals surface area contributed by atoms with E-state index in [1.165, 1.54) is 0 Å². The zero-order valence-corrected chi connectivity index (χ0v) is 8.06. The standard InChI is InChI=1S/C4H9INO2S/c5-6-2-1-3-9(7,8)4-6/h5H,1-4H2/q+1. The Hall–Kier alpha value is 0.640. The van der Waals surface area contributed by atoms with Gasteiger partial charge in [-0.15, -0.1) is 0 Å². The van der Waals surface area contributed by atoms with Crippen molar-refractivity contribution in [1.82, 2.24) is 3.11 Å². The van der Waals surface area contributed by atoms with Crippen LogP contribution in [0.2, 0.25) is 0 Å². The summed E-state index contributed by atoms with van der Waals surface area (Å²) in [7, 11) is -2.70. The minimum absolute atomic E-state index is 0.248. The van der Waals surface area contributed by atoms with Gasteiger partial charge in [0.2, 0.25) is 0 Å². The van der Waals surface area contributed by atoms with Crippen LogP contribution in [-0.4, -0.2) is 29.7 Å². The van der Waals surface area contributed by atoms with Crippen LogP contribution in [0.25, 0.3) is 0 Å². The third kappa shape index (κ3) is 2.38. The van der Waals surface area contributed by atoms with Crippen LogP contribution in [0.15, 0.2) is 0 Å². The van der Waals surface area contributed by atoms with Crippen molar-refractivity contribution in [1.29, 1.82) is 0 Å². The molecule has 1 rings (SSSR count). The Labute approximate surface area is 68.8 Å². The molecule has 1 saturated heterocycles. The van der Waals surface area contributed by atoms with Gasteiger partial charge in [-0.25, -0.2) is 8.42 Å². The fourth-order valence-electron chi connectivity index (χ4n) is 0.809. The second kappa shape index (κ2) is 2.71. The third-order valence-electron chi connectivity index (χ3n) is 1.20. The van der Waals surface area contributed by atoms with Gasteiger partial charge in [0.1, 0.15) is 5.88 Å². The molecule has 0 aromatic heterocycles. The molecule has 0 aromatic rings. The monoisotopic (exact) mass is 262 g/mol. The molecule has 5 heteroatoms. The van der Waals surface area contributed by atoms with Crippen LogP contribution >= 0.6 is 0 Å². The van der Waals surface area contributed by atoms with E-state index in [-0.39, 0.29) is 5.88 Å². The Kier molecular flexibility index (Phi) is 2.33. The van der Waals surface area contributed by atoms with Gasteiger partial charge in [0.05, 0.1) is 5.75 Å². The first-order valence-corrected chi connectivity index (χ1v) is 5.59. The van der Waals surface area contributed by atoms with E-state index in [9.17, 15) is 8.42 Å². The van der Waals surface area contributed by atoms with Crippen LogP contribution in [0.4, 0.5) is 0 Å². The smallest absolute Gasteiger partial charge is 0.227 e. The zero-order valence-electron chi connectivity index (χ0n) is 4.91. The molecule has 1 fully saturated rings. The highest BCUT2D eigenvalue weighted by atomic mass is 127. The van der Waals surface area contributed by atoms with Crippen LogP contribution in [0.3, 0.4) is 0 Å². The highest BCUT2D eigenvalue weighted by Crippen LogP contribution is 2.01. The molecule has 0 amide bonds. The minimum atomic E-state index is -2.70. The first-order valence-electron chi connectivity index (χ1n) is 2.73. The van der Waals surface area contributed by atoms with Gasteiger partial charge < -0.3 is 0 Å². The molecule has 0 atom stereocenters. The number of nitrogens with zero attached hydrogens (tertiary/aromatic N) is 1. The van der Waals surface area contributed by atoms with Crippen LogP contribution in [0.5, 0.6) is 0 Å². The molecule has 1 heterocycles. The normalized spacial score (nSPS) is 28.1. The first kappa shape index (κ1) is 7.74. The lowest BCUT2D eigenvalue weighted by Crippen LogP contribution is -3.41. The molecular weight excluding hydrogens is 253 g/mol. The Balaban J connectivity index is 2.62. The van der Waals surface area contributed by atoms with Crippen molar-refractivity contribution >= 4 is 9.84 Å². The highest BCUT2D eigenvalue weighted by Gasteiger charge is 2.24. The summed E-state index contributed by atoms with van der Waals surface area (Å²) < 4.78 is 23.5. The summed E-state index contributed by atoms with van der Waals surface area (Å²) in [6, 6.07) is 0. The van der Waals surface area contributed by atoms with Gasteiger partial charge in [0, 0.05) is 6.54 Å². The molecule has 0 bridgehead atoms. The summed E-state index contributed by atoms with van der Waals surface area (Å²) in [6.07, 6.45) is 0.793. The lowest BCUT2D eigenvalue weighted by Gasteiger charge is -2.12. The van der Waals surface area contributed by atoms with Gasteiger partial charge in [0.15, 0.2) is 9.84 Å². The Bertz CT molecular complexity index is 189. The van der Waals surface area contributed by atoms with E-state index < -0.39 is 9.84 Å². The van der Waals surface area contributed by atoms with Crippen molar-refractivity contribution < 1.29 is 31.3 Å². The van der Waals surface area contributed by atoms with Crippen molar-refractivity contribution in [3.8, 4) is 0 Å². The number of sulfone groups is 1. The number of hydrogen-bond acceptors (Lipinski definition) is 3. The van der Waals surface area contributed by atoms with Crippen molar-refractivity contribution in [3.05, 3.63) is 0 Å². The molecule has 54 valence electrons. The van der Waals surface area contributed by atoms with Crippen molar-refractivity contribution in [2.24, 2.45) is 0 Å². The van der Waals surface area contributed by atoms with E-state index in [1.54, 1.807) is 22.9 Å². The molecule has 3 nitrogen and oxygen atoms in total. The van der Waals surface area contributed by atoms with E-state index in [2.05, 4.69) is 0 Å². The molecule has 0 aromatic carbocycles. The van der Waals surface area contributed by atoms with Crippen LogP contribution in [0.1, 0.15) is 6.42 Å². The highest BCUT2D eigenvalue weighted by molar-refractivity contribution is 7.91. The average molecular weight is 262 g/mol. The molecule has 0 spiro atoms. The lowest BCUT2D eigenvalue weighted by molar-refractivity contribution is -0.570. The lowest BCUT2D eigenvalue weighted by atomic mass is 10.5. The SMILES string of the molecule is O=S1(=O)CCCN([IH+])C1. The Morgan fingerprint density at radius 3 is 2.44 bits per heavy atom. The topological polar surface area (TPSA) is 37.4 Å². The second-order valence-corrected chi connectivity index (χ2v) is 5.76. The van der Waals surface area contributed by atoms with E-state index >= 15 is 0 Å². The second-order valence-electron chi connectivity index (χ2n) is 2.14. The summed E-state index contributed by atoms with van der Waals surface area (Å²) in [4.78, 5) is 0. The first-order chi connectivity index (χ1) is 4.10. The summed E-state index contributed by atoms with van der Waals surface area (Å²) in [6.45, 7) is 0.920. The summed E-state index contributed by atoms with van der Waals surface area (Å²) >= 11 is 1.76. The molecular formula is C4H9INO2S+. The molecule has 0 radical (unpaired) electrons. The maximum atomic E-state index is 10.8. The fraction of sp³-hybridized carbons (Fsp3) is 1.00. The maximum absolute atomic E-state index is 10.8. The van der Waals surface area contributed by atoms with Gasteiger partial charge in [-0.3, -0.25) is 0 Å². The average Bonchev–Trinajstić information content (AvgIpc) is 1.60. The molecule has 0 aliphatic carbocycles. The number of rotatable bonds is 0. The van der Waals surface area contributed by atoms with Crippen LogP contribution < -0.4 is 22.9 Å².